The molecule has 0 saturated carbocycles. The summed E-state index contributed by atoms with van der Waals surface area (Å²) in [5.74, 6) is 1.45. The largest absolute Gasteiger partial charge is 0.353 e. The smallest absolute Gasteiger partial charge is 0.242 e. The molecule has 1 aromatic carbocycles. The van der Waals surface area contributed by atoms with Crippen LogP contribution in [0, 0.1) is 6.92 Å². The van der Waals surface area contributed by atoms with Gasteiger partial charge >= 0.3 is 0 Å². The molecule has 1 saturated heterocycles. The van der Waals surface area contributed by atoms with Gasteiger partial charge < -0.3 is 5.32 Å². The Morgan fingerprint density at radius 1 is 1.41 bits per heavy atom. The molecular weight excluding hydrogens is 322 g/mol. The number of rotatable bonds is 6. The van der Waals surface area contributed by atoms with Crippen molar-refractivity contribution in [3.8, 4) is 0 Å². The van der Waals surface area contributed by atoms with Crippen LogP contribution in [0.25, 0.3) is 0 Å². The van der Waals surface area contributed by atoms with Crippen LogP contribution in [0.15, 0.2) is 29.2 Å². The molecule has 1 fully saturated rings. The van der Waals surface area contributed by atoms with Crippen LogP contribution >= 0.6 is 11.8 Å². The molecule has 0 radical (unpaired) electrons. The molecule has 0 bridgehead atoms. The molecule has 1 atom stereocenters. The molecule has 122 valence electrons. The first-order valence-electron chi connectivity index (χ1n) is 7.03. The van der Waals surface area contributed by atoms with Gasteiger partial charge in [0.25, 0.3) is 0 Å². The number of carbonyl (C=O) groups excluding carboxylic acids is 1. The summed E-state index contributed by atoms with van der Waals surface area (Å²) in [4.78, 5) is 12.1. The standard InChI is InChI=1S/C14H21N3O3S2/c1-11-3-5-12(6-4-11)22(19,20)17(2)8-7-15-14(18)13-9-21-10-16-13/h3-6,13,16H,7-10H2,1-2H3,(H,15,18). The van der Waals surface area contributed by atoms with Crippen LogP contribution in [0.2, 0.25) is 0 Å². The van der Waals surface area contributed by atoms with Crippen molar-refractivity contribution in [2.45, 2.75) is 17.9 Å². The van der Waals surface area contributed by atoms with Crippen molar-refractivity contribution in [2.75, 3.05) is 31.8 Å². The lowest BCUT2D eigenvalue weighted by Crippen LogP contribution is -2.44. The highest BCUT2D eigenvalue weighted by Gasteiger charge is 2.23. The second kappa shape index (κ2) is 7.45. The third-order valence-corrected chi connectivity index (χ3v) is 6.30. The maximum absolute atomic E-state index is 12.4. The fourth-order valence-electron chi connectivity index (χ4n) is 2.03. The molecule has 1 heterocycles. The zero-order chi connectivity index (χ0) is 16.2. The van der Waals surface area contributed by atoms with Gasteiger partial charge in [-0.1, -0.05) is 17.7 Å². The van der Waals surface area contributed by atoms with Crippen molar-refractivity contribution in [3.63, 3.8) is 0 Å². The van der Waals surface area contributed by atoms with E-state index in [-0.39, 0.29) is 23.4 Å². The van der Waals surface area contributed by atoms with Gasteiger partial charge in [0.15, 0.2) is 0 Å². The van der Waals surface area contributed by atoms with Crippen molar-refractivity contribution in [3.05, 3.63) is 29.8 Å². The maximum Gasteiger partial charge on any atom is 0.242 e. The van der Waals surface area contributed by atoms with E-state index in [2.05, 4.69) is 10.6 Å². The first kappa shape index (κ1) is 17.3. The first-order valence-corrected chi connectivity index (χ1v) is 9.62. The fourth-order valence-corrected chi connectivity index (χ4v) is 4.15. The predicted octanol–water partition coefficient (Wildman–Crippen LogP) is 0.394. The Balaban J connectivity index is 1.86. The minimum absolute atomic E-state index is 0.0777. The molecule has 2 N–H and O–H groups in total. The van der Waals surface area contributed by atoms with Crippen LogP contribution in [0.1, 0.15) is 5.56 Å². The van der Waals surface area contributed by atoms with Crippen molar-refractivity contribution in [2.24, 2.45) is 0 Å². The fraction of sp³-hybridized carbons (Fsp3) is 0.500. The number of nitrogens with zero attached hydrogens (tertiary/aromatic N) is 1. The average molecular weight is 343 g/mol. The third kappa shape index (κ3) is 4.22. The Labute approximate surface area is 135 Å². The number of sulfonamides is 1. The van der Waals surface area contributed by atoms with Gasteiger partial charge in [-0.05, 0) is 19.1 Å². The van der Waals surface area contributed by atoms with E-state index in [1.54, 1.807) is 36.0 Å². The minimum atomic E-state index is -3.51. The first-order chi connectivity index (χ1) is 10.4. The molecule has 1 aliphatic heterocycles. The summed E-state index contributed by atoms with van der Waals surface area (Å²) in [5, 5.41) is 5.84. The molecule has 8 heteroatoms. The Morgan fingerprint density at radius 2 is 2.09 bits per heavy atom. The van der Waals surface area contributed by atoms with Crippen molar-refractivity contribution < 1.29 is 13.2 Å². The van der Waals surface area contributed by atoms with Gasteiger partial charge in [0.2, 0.25) is 15.9 Å². The molecular formula is C14H21N3O3S2. The van der Waals surface area contributed by atoms with E-state index < -0.39 is 10.0 Å². The molecule has 1 aliphatic rings. The van der Waals surface area contributed by atoms with Gasteiger partial charge in [-0.15, -0.1) is 11.8 Å². The lowest BCUT2D eigenvalue weighted by atomic mass is 10.2. The number of benzene rings is 1. The molecule has 1 unspecified atom stereocenters. The van der Waals surface area contributed by atoms with Crippen LogP contribution in [-0.2, 0) is 14.8 Å². The predicted molar refractivity (Wildman–Crippen MR) is 88.3 cm³/mol. The van der Waals surface area contributed by atoms with Gasteiger partial charge in [0.1, 0.15) is 0 Å². The van der Waals surface area contributed by atoms with Gasteiger partial charge in [0, 0.05) is 31.8 Å². The van der Waals surface area contributed by atoms with Gasteiger partial charge in [0.05, 0.1) is 10.9 Å². The number of nitrogens with one attached hydrogen (secondary N) is 2. The number of hydrogen-bond donors (Lipinski definition) is 2. The molecule has 0 aliphatic carbocycles. The van der Waals surface area contributed by atoms with E-state index in [9.17, 15) is 13.2 Å². The summed E-state index contributed by atoms with van der Waals surface area (Å²) >= 11 is 1.67. The molecule has 1 amide bonds. The number of amides is 1. The lowest BCUT2D eigenvalue weighted by molar-refractivity contribution is -0.122. The van der Waals surface area contributed by atoms with Crippen molar-refractivity contribution in [1.29, 1.82) is 0 Å². The highest BCUT2D eigenvalue weighted by molar-refractivity contribution is 7.99. The van der Waals surface area contributed by atoms with Crippen LogP contribution < -0.4 is 10.6 Å². The number of thioether (sulfide) groups is 1. The van der Waals surface area contributed by atoms with E-state index in [1.807, 2.05) is 6.92 Å². The van der Waals surface area contributed by atoms with E-state index in [0.29, 0.717) is 6.54 Å². The number of carbonyl (C=O) groups is 1. The summed E-state index contributed by atoms with van der Waals surface area (Å²) in [7, 11) is -1.99. The normalized spacial score (nSPS) is 18.6. The minimum Gasteiger partial charge on any atom is -0.353 e. The second-order valence-electron chi connectivity index (χ2n) is 5.20. The highest BCUT2D eigenvalue weighted by Crippen LogP contribution is 2.14. The zero-order valence-corrected chi connectivity index (χ0v) is 14.3. The van der Waals surface area contributed by atoms with Gasteiger partial charge in [-0.25, -0.2) is 8.42 Å². The summed E-state index contributed by atoms with van der Waals surface area (Å²) in [6.45, 7) is 2.44. The van der Waals surface area contributed by atoms with Crippen LogP contribution in [0.3, 0.4) is 0 Å². The third-order valence-electron chi connectivity index (χ3n) is 3.49. The molecule has 1 aromatic rings. The zero-order valence-electron chi connectivity index (χ0n) is 12.7. The molecule has 22 heavy (non-hydrogen) atoms. The number of likely N-dealkylation sites (N-methyl/N-ethyl adjacent to an activating group) is 1. The monoisotopic (exact) mass is 343 g/mol. The Hall–Kier alpha value is -1.09. The van der Waals surface area contributed by atoms with Crippen molar-refractivity contribution >= 4 is 27.7 Å². The summed E-state index contributed by atoms with van der Waals surface area (Å²) in [6, 6.07) is 6.56. The highest BCUT2D eigenvalue weighted by atomic mass is 32.2. The molecule has 0 aromatic heterocycles. The average Bonchev–Trinajstić information content (AvgIpc) is 3.01. The molecule has 6 nitrogen and oxygen atoms in total. The van der Waals surface area contributed by atoms with Crippen LogP contribution in [0.4, 0.5) is 0 Å². The van der Waals surface area contributed by atoms with Crippen LogP contribution in [0.5, 0.6) is 0 Å². The summed E-state index contributed by atoms with van der Waals surface area (Å²) in [5.41, 5.74) is 1.01. The van der Waals surface area contributed by atoms with Crippen LogP contribution in [-0.4, -0.2) is 56.4 Å². The summed E-state index contributed by atoms with van der Waals surface area (Å²) < 4.78 is 26.0. The Kier molecular flexibility index (Phi) is 5.85. The Morgan fingerprint density at radius 3 is 2.68 bits per heavy atom. The van der Waals surface area contributed by atoms with Gasteiger partial charge in [-0.3, -0.25) is 10.1 Å². The van der Waals surface area contributed by atoms with E-state index in [1.165, 1.54) is 11.4 Å². The molecule has 2 rings (SSSR count). The van der Waals surface area contributed by atoms with E-state index >= 15 is 0 Å². The quantitative estimate of drug-likeness (QED) is 0.781. The van der Waals surface area contributed by atoms with Crippen molar-refractivity contribution in [1.82, 2.24) is 14.9 Å². The Bertz CT molecular complexity index is 611. The van der Waals surface area contributed by atoms with E-state index in [4.69, 9.17) is 0 Å². The topological polar surface area (TPSA) is 78.5 Å². The maximum atomic E-state index is 12.4. The van der Waals surface area contributed by atoms with Gasteiger partial charge in [-0.2, -0.15) is 4.31 Å². The van der Waals surface area contributed by atoms with E-state index in [0.717, 1.165) is 17.2 Å². The SMILES string of the molecule is Cc1ccc(S(=O)(=O)N(C)CCNC(=O)C2CSCN2)cc1. The summed E-state index contributed by atoms with van der Waals surface area (Å²) in [6.07, 6.45) is 0. The lowest BCUT2D eigenvalue weighted by Gasteiger charge is -2.18. The molecule has 0 spiro atoms. The number of hydrogen-bond acceptors (Lipinski definition) is 5. The number of aryl methyl sites for hydroxylation is 1. The second-order valence-corrected chi connectivity index (χ2v) is 8.28.